The number of likely N-dealkylation sites (N-methyl/N-ethyl adjacent to an activating group) is 2. The Morgan fingerprint density at radius 3 is 2.19 bits per heavy atom. The predicted molar refractivity (Wildman–Crippen MR) is 126 cm³/mol. The Morgan fingerprint density at radius 1 is 1.03 bits per heavy atom. The number of ether oxygens (including phenoxy) is 1. The largest absolute Gasteiger partial charge is 0.463 e. The molecule has 0 saturated carbocycles. The van der Waals surface area contributed by atoms with Gasteiger partial charge in [0, 0.05) is 45.0 Å². The van der Waals surface area contributed by atoms with Crippen LogP contribution in [-0.2, 0) is 9.53 Å². The maximum absolute atomic E-state index is 13.2. The maximum atomic E-state index is 13.2. The van der Waals surface area contributed by atoms with E-state index in [1.807, 2.05) is 26.0 Å². The number of nitrogens with one attached hydrogen (secondary N) is 1. The van der Waals surface area contributed by atoms with Crippen molar-refractivity contribution in [1.29, 1.82) is 0 Å². The summed E-state index contributed by atoms with van der Waals surface area (Å²) in [5.41, 5.74) is 3.43. The van der Waals surface area contributed by atoms with Crippen LogP contribution in [0.1, 0.15) is 57.7 Å². The number of piperazine rings is 1. The molecule has 3 rings (SSSR count). The third-order valence-corrected chi connectivity index (χ3v) is 6.47. The van der Waals surface area contributed by atoms with Crippen LogP contribution in [0.25, 0.3) is 0 Å². The van der Waals surface area contributed by atoms with Gasteiger partial charge in [0.15, 0.2) is 0 Å². The van der Waals surface area contributed by atoms with E-state index in [0.29, 0.717) is 31.2 Å². The molecule has 2 aliphatic rings. The van der Waals surface area contributed by atoms with Gasteiger partial charge < -0.3 is 15.0 Å². The highest BCUT2D eigenvalue weighted by atomic mass is 16.5. The first-order valence-electron chi connectivity index (χ1n) is 11.9. The van der Waals surface area contributed by atoms with Crippen LogP contribution in [-0.4, -0.2) is 79.1 Å². The summed E-state index contributed by atoms with van der Waals surface area (Å²) in [5, 5.41) is 3.06. The minimum Gasteiger partial charge on any atom is -0.463 e. The number of amides is 2. The van der Waals surface area contributed by atoms with Gasteiger partial charge in [0.1, 0.15) is 0 Å². The Kier molecular flexibility index (Phi) is 8.32. The SMILES string of the molecule is CCOC(=O)C1=C(CN2CCN(CC)CC2)N(CC)C(=O)NC1c1ccc(C(C)C)cc1. The van der Waals surface area contributed by atoms with E-state index in [-0.39, 0.29) is 12.0 Å². The summed E-state index contributed by atoms with van der Waals surface area (Å²) in [6.45, 7) is 16.5. The first-order chi connectivity index (χ1) is 15.4. The summed E-state index contributed by atoms with van der Waals surface area (Å²) in [6.07, 6.45) is 0. The fourth-order valence-electron chi connectivity index (χ4n) is 4.46. The van der Waals surface area contributed by atoms with Crippen molar-refractivity contribution in [2.75, 3.05) is 52.4 Å². The summed E-state index contributed by atoms with van der Waals surface area (Å²) < 4.78 is 5.48. The molecule has 1 saturated heterocycles. The predicted octanol–water partition coefficient (Wildman–Crippen LogP) is 3.35. The quantitative estimate of drug-likeness (QED) is 0.626. The van der Waals surface area contributed by atoms with Gasteiger partial charge in [0.25, 0.3) is 0 Å². The van der Waals surface area contributed by atoms with Gasteiger partial charge in [-0.3, -0.25) is 9.80 Å². The van der Waals surface area contributed by atoms with Crippen molar-refractivity contribution in [3.8, 4) is 0 Å². The molecular formula is C25H38N4O3. The third kappa shape index (κ3) is 5.33. The molecule has 1 aromatic carbocycles. The first kappa shape index (κ1) is 24.3. The molecule has 1 atom stereocenters. The van der Waals surface area contributed by atoms with E-state index in [9.17, 15) is 9.59 Å². The number of benzene rings is 1. The number of carbonyl (C=O) groups excluding carboxylic acids is 2. The third-order valence-electron chi connectivity index (χ3n) is 6.47. The maximum Gasteiger partial charge on any atom is 0.338 e. The Bertz CT molecular complexity index is 826. The van der Waals surface area contributed by atoms with Crippen LogP contribution in [0.3, 0.4) is 0 Å². The first-order valence-corrected chi connectivity index (χ1v) is 11.9. The highest BCUT2D eigenvalue weighted by Crippen LogP contribution is 2.33. The van der Waals surface area contributed by atoms with Crippen LogP contribution in [0.2, 0.25) is 0 Å². The van der Waals surface area contributed by atoms with E-state index in [0.717, 1.165) is 44.0 Å². The van der Waals surface area contributed by atoms with E-state index in [4.69, 9.17) is 4.74 Å². The molecule has 0 aromatic heterocycles. The Morgan fingerprint density at radius 2 is 1.66 bits per heavy atom. The van der Waals surface area contributed by atoms with Crippen LogP contribution in [0.5, 0.6) is 0 Å². The van der Waals surface area contributed by atoms with Crippen molar-refractivity contribution in [2.24, 2.45) is 0 Å². The Hall–Kier alpha value is -2.38. The Balaban J connectivity index is 2.00. The molecule has 0 spiro atoms. The summed E-state index contributed by atoms with van der Waals surface area (Å²) in [6, 6.07) is 7.49. The number of hydrogen-bond donors (Lipinski definition) is 1. The molecule has 1 fully saturated rings. The van der Waals surface area contributed by atoms with E-state index in [2.05, 4.69) is 48.0 Å². The molecule has 1 unspecified atom stereocenters. The summed E-state index contributed by atoms with van der Waals surface area (Å²) in [4.78, 5) is 32.7. The van der Waals surface area contributed by atoms with Crippen LogP contribution in [0.15, 0.2) is 35.5 Å². The second kappa shape index (κ2) is 11.0. The van der Waals surface area contributed by atoms with Gasteiger partial charge in [-0.25, -0.2) is 9.59 Å². The minimum atomic E-state index is -0.516. The fraction of sp³-hybridized carbons (Fsp3) is 0.600. The summed E-state index contributed by atoms with van der Waals surface area (Å²) in [7, 11) is 0. The van der Waals surface area contributed by atoms with Crippen molar-refractivity contribution >= 4 is 12.0 Å². The molecule has 0 radical (unpaired) electrons. The molecule has 1 N–H and O–H groups in total. The average Bonchev–Trinajstić information content (AvgIpc) is 2.79. The summed E-state index contributed by atoms with van der Waals surface area (Å²) >= 11 is 0. The van der Waals surface area contributed by atoms with Gasteiger partial charge in [0.2, 0.25) is 0 Å². The average molecular weight is 443 g/mol. The van der Waals surface area contributed by atoms with Crippen molar-refractivity contribution in [2.45, 2.75) is 46.6 Å². The fourth-order valence-corrected chi connectivity index (χ4v) is 4.46. The van der Waals surface area contributed by atoms with Crippen molar-refractivity contribution in [3.63, 3.8) is 0 Å². The molecule has 2 aliphatic heterocycles. The number of rotatable bonds is 8. The molecular weight excluding hydrogens is 404 g/mol. The summed E-state index contributed by atoms with van der Waals surface area (Å²) in [5.74, 6) is 0.0593. The number of nitrogens with zero attached hydrogens (tertiary/aromatic N) is 3. The highest BCUT2D eigenvalue weighted by Gasteiger charge is 2.38. The lowest BCUT2D eigenvalue weighted by Gasteiger charge is -2.40. The lowest BCUT2D eigenvalue weighted by Crippen LogP contribution is -2.53. The van der Waals surface area contributed by atoms with Crippen molar-refractivity contribution in [1.82, 2.24) is 20.0 Å². The van der Waals surface area contributed by atoms with Gasteiger partial charge in [-0.2, -0.15) is 0 Å². The zero-order chi connectivity index (χ0) is 23.3. The van der Waals surface area contributed by atoms with Gasteiger partial charge in [-0.05, 0) is 37.4 Å². The second-order valence-corrected chi connectivity index (χ2v) is 8.74. The van der Waals surface area contributed by atoms with Gasteiger partial charge in [0.05, 0.1) is 18.2 Å². The van der Waals surface area contributed by atoms with E-state index < -0.39 is 6.04 Å². The standard InChI is InChI=1S/C25H38N4O3/c1-6-27-13-15-28(16-14-27)17-21-22(24(30)32-8-3)23(26-25(31)29(21)7-2)20-11-9-19(10-12-20)18(4)5/h9-12,18,23H,6-8,13-17H2,1-5H3,(H,26,31). The van der Waals surface area contributed by atoms with Crippen LogP contribution >= 0.6 is 0 Å². The minimum absolute atomic E-state index is 0.166. The molecule has 2 amide bonds. The van der Waals surface area contributed by atoms with Gasteiger partial charge >= 0.3 is 12.0 Å². The molecule has 1 aromatic rings. The topological polar surface area (TPSA) is 65.1 Å². The van der Waals surface area contributed by atoms with Crippen LogP contribution < -0.4 is 5.32 Å². The number of hydrogen-bond acceptors (Lipinski definition) is 5. The number of carbonyl (C=O) groups is 2. The van der Waals surface area contributed by atoms with E-state index in [1.165, 1.54) is 5.56 Å². The zero-order valence-corrected chi connectivity index (χ0v) is 20.2. The van der Waals surface area contributed by atoms with E-state index >= 15 is 0 Å². The molecule has 176 valence electrons. The smallest absolute Gasteiger partial charge is 0.338 e. The zero-order valence-electron chi connectivity index (χ0n) is 20.2. The van der Waals surface area contributed by atoms with Crippen LogP contribution in [0, 0.1) is 0 Å². The number of esters is 1. The molecule has 0 bridgehead atoms. The molecule has 0 aliphatic carbocycles. The normalized spacial score (nSPS) is 20.6. The monoisotopic (exact) mass is 442 g/mol. The van der Waals surface area contributed by atoms with Crippen LogP contribution in [0.4, 0.5) is 4.79 Å². The van der Waals surface area contributed by atoms with Crippen molar-refractivity contribution in [3.05, 3.63) is 46.7 Å². The molecule has 7 heteroatoms. The Labute approximate surface area is 192 Å². The van der Waals surface area contributed by atoms with Crippen molar-refractivity contribution < 1.29 is 14.3 Å². The molecule has 32 heavy (non-hydrogen) atoms. The van der Waals surface area contributed by atoms with Gasteiger partial charge in [-0.1, -0.05) is 45.0 Å². The highest BCUT2D eigenvalue weighted by molar-refractivity contribution is 5.95. The second-order valence-electron chi connectivity index (χ2n) is 8.74. The van der Waals surface area contributed by atoms with Gasteiger partial charge in [-0.15, -0.1) is 0 Å². The molecule has 2 heterocycles. The lowest BCUT2D eigenvalue weighted by atomic mass is 9.92. The lowest BCUT2D eigenvalue weighted by molar-refractivity contribution is -0.139. The molecule has 7 nitrogen and oxygen atoms in total. The van der Waals surface area contributed by atoms with E-state index in [1.54, 1.807) is 4.90 Å². The number of urea groups is 1.